The quantitative estimate of drug-likeness (QED) is 0.753. The van der Waals surface area contributed by atoms with Crippen LogP contribution < -0.4 is 9.47 Å². The number of rotatable bonds is 5. The van der Waals surface area contributed by atoms with Gasteiger partial charge in [0.15, 0.2) is 11.5 Å². The van der Waals surface area contributed by atoms with E-state index in [1.165, 1.54) is 6.42 Å². The van der Waals surface area contributed by atoms with Gasteiger partial charge in [-0.15, -0.1) is 0 Å². The molecule has 0 saturated carbocycles. The molecule has 0 aliphatic carbocycles. The molecule has 0 radical (unpaired) electrons. The van der Waals surface area contributed by atoms with Crippen molar-refractivity contribution in [2.45, 2.75) is 25.4 Å². The Bertz CT molecular complexity index is 397. The second kappa shape index (κ2) is 6.40. The first-order chi connectivity index (χ1) is 8.83. The summed E-state index contributed by atoms with van der Waals surface area (Å²) in [7, 11) is 1.58. The summed E-state index contributed by atoms with van der Waals surface area (Å²) in [5.41, 5.74) is 0.579. The van der Waals surface area contributed by atoms with Crippen LogP contribution in [0.5, 0.6) is 11.5 Å². The standard InChI is InChI=1S/C14H18O4/c1-16-13-6-5-11(9-15)8-14(13)18-10-12-4-2-3-7-17-12/h5-6,8-9,12H,2-4,7,10H2,1H3/t12-/m0/s1. The molecule has 1 aromatic rings. The molecule has 1 atom stereocenters. The molecule has 18 heavy (non-hydrogen) atoms. The topological polar surface area (TPSA) is 44.8 Å². The fraction of sp³-hybridized carbons (Fsp3) is 0.500. The molecule has 4 nitrogen and oxygen atoms in total. The van der Waals surface area contributed by atoms with E-state index >= 15 is 0 Å². The lowest BCUT2D eigenvalue weighted by Gasteiger charge is -2.23. The second-order valence-electron chi connectivity index (χ2n) is 4.33. The molecule has 0 N–H and O–H groups in total. The van der Waals surface area contributed by atoms with Gasteiger partial charge in [-0.05, 0) is 37.5 Å². The minimum atomic E-state index is 0.142. The minimum absolute atomic E-state index is 0.142. The average molecular weight is 250 g/mol. The number of ether oxygens (including phenoxy) is 3. The Labute approximate surface area is 107 Å². The van der Waals surface area contributed by atoms with Gasteiger partial charge in [-0.1, -0.05) is 0 Å². The molecule has 2 rings (SSSR count). The van der Waals surface area contributed by atoms with Gasteiger partial charge in [-0.25, -0.2) is 0 Å². The molecule has 1 saturated heterocycles. The van der Waals surface area contributed by atoms with E-state index < -0.39 is 0 Å². The summed E-state index contributed by atoms with van der Waals surface area (Å²) in [6, 6.07) is 5.13. The van der Waals surface area contributed by atoms with E-state index in [9.17, 15) is 4.79 Å². The summed E-state index contributed by atoms with van der Waals surface area (Å²) >= 11 is 0. The van der Waals surface area contributed by atoms with Crippen molar-refractivity contribution in [1.82, 2.24) is 0 Å². The van der Waals surface area contributed by atoms with Crippen molar-refractivity contribution in [2.24, 2.45) is 0 Å². The van der Waals surface area contributed by atoms with Gasteiger partial charge in [0.2, 0.25) is 0 Å². The Hall–Kier alpha value is -1.55. The summed E-state index contributed by atoms with van der Waals surface area (Å²) in [4.78, 5) is 10.7. The number of methoxy groups -OCH3 is 1. The third kappa shape index (κ3) is 3.23. The molecule has 1 fully saturated rings. The Balaban J connectivity index is 1.99. The number of hydrogen-bond acceptors (Lipinski definition) is 4. The molecule has 1 heterocycles. The maximum absolute atomic E-state index is 10.7. The number of hydrogen-bond donors (Lipinski definition) is 0. The van der Waals surface area contributed by atoms with E-state index in [2.05, 4.69) is 0 Å². The zero-order valence-electron chi connectivity index (χ0n) is 10.6. The highest BCUT2D eigenvalue weighted by atomic mass is 16.5. The molecule has 0 amide bonds. The van der Waals surface area contributed by atoms with Gasteiger partial charge in [-0.2, -0.15) is 0 Å². The smallest absolute Gasteiger partial charge is 0.162 e. The fourth-order valence-electron chi connectivity index (χ4n) is 2.00. The molecule has 0 aromatic heterocycles. The average Bonchev–Trinajstić information content (AvgIpc) is 2.45. The highest BCUT2D eigenvalue weighted by molar-refractivity contribution is 5.76. The predicted octanol–water partition coefficient (Wildman–Crippen LogP) is 2.46. The zero-order valence-corrected chi connectivity index (χ0v) is 10.6. The number of aldehydes is 1. The normalized spacial score (nSPS) is 19.3. The largest absolute Gasteiger partial charge is 0.493 e. The van der Waals surface area contributed by atoms with Crippen LogP contribution in [0.25, 0.3) is 0 Å². The Morgan fingerprint density at radius 2 is 2.28 bits per heavy atom. The lowest BCUT2D eigenvalue weighted by atomic mass is 10.1. The fourth-order valence-corrected chi connectivity index (χ4v) is 2.00. The third-order valence-corrected chi connectivity index (χ3v) is 3.02. The first-order valence-corrected chi connectivity index (χ1v) is 6.21. The van der Waals surface area contributed by atoms with Crippen LogP contribution in [0.4, 0.5) is 0 Å². The van der Waals surface area contributed by atoms with Crippen molar-refractivity contribution in [3.63, 3.8) is 0 Å². The van der Waals surface area contributed by atoms with Gasteiger partial charge in [0.25, 0.3) is 0 Å². The van der Waals surface area contributed by atoms with Crippen LogP contribution >= 0.6 is 0 Å². The van der Waals surface area contributed by atoms with Gasteiger partial charge in [0.1, 0.15) is 12.9 Å². The third-order valence-electron chi connectivity index (χ3n) is 3.02. The molecule has 1 aromatic carbocycles. The van der Waals surface area contributed by atoms with Crippen molar-refractivity contribution in [1.29, 1.82) is 0 Å². The highest BCUT2D eigenvalue weighted by Crippen LogP contribution is 2.28. The van der Waals surface area contributed by atoms with E-state index in [1.807, 2.05) is 0 Å². The molecule has 4 heteroatoms. The van der Waals surface area contributed by atoms with Crippen LogP contribution in [-0.2, 0) is 4.74 Å². The lowest BCUT2D eigenvalue weighted by molar-refractivity contribution is -0.0114. The minimum Gasteiger partial charge on any atom is -0.493 e. The van der Waals surface area contributed by atoms with Crippen molar-refractivity contribution in [2.75, 3.05) is 20.3 Å². The molecular weight excluding hydrogens is 232 g/mol. The first kappa shape index (κ1) is 12.9. The van der Waals surface area contributed by atoms with Gasteiger partial charge >= 0.3 is 0 Å². The SMILES string of the molecule is COc1ccc(C=O)cc1OC[C@@H]1CCCCO1. The summed E-state index contributed by atoms with van der Waals surface area (Å²) in [6.45, 7) is 1.30. The Kier molecular flexibility index (Phi) is 4.59. The highest BCUT2D eigenvalue weighted by Gasteiger charge is 2.15. The van der Waals surface area contributed by atoms with Crippen LogP contribution in [0.3, 0.4) is 0 Å². The molecule has 1 aliphatic rings. The monoisotopic (exact) mass is 250 g/mol. The molecule has 0 bridgehead atoms. The van der Waals surface area contributed by atoms with Crippen molar-refractivity contribution < 1.29 is 19.0 Å². The van der Waals surface area contributed by atoms with Crippen LogP contribution in [0.1, 0.15) is 29.6 Å². The maximum atomic E-state index is 10.7. The van der Waals surface area contributed by atoms with Crippen LogP contribution in [-0.4, -0.2) is 32.7 Å². The zero-order chi connectivity index (χ0) is 12.8. The second-order valence-corrected chi connectivity index (χ2v) is 4.33. The van der Waals surface area contributed by atoms with Crippen LogP contribution in [0.2, 0.25) is 0 Å². The number of benzene rings is 1. The van der Waals surface area contributed by atoms with Gasteiger partial charge in [-0.3, -0.25) is 4.79 Å². The maximum Gasteiger partial charge on any atom is 0.162 e. The Morgan fingerprint density at radius 1 is 1.39 bits per heavy atom. The van der Waals surface area contributed by atoms with E-state index in [0.717, 1.165) is 25.7 Å². The molecular formula is C14H18O4. The summed E-state index contributed by atoms with van der Waals surface area (Å²) < 4.78 is 16.5. The van der Waals surface area contributed by atoms with Crippen molar-refractivity contribution >= 4 is 6.29 Å². The molecule has 0 unspecified atom stereocenters. The number of carbonyl (C=O) groups excluding carboxylic acids is 1. The predicted molar refractivity (Wildman–Crippen MR) is 67.5 cm³/mol. The van der Waals surface area contributed by atoms with E-state index in [-0.39, 0.29) is 6.10 Å². The molecule has 0 spiro atoms. The lowest BCUT2D eigenvalue weighted by Crippen LogP contribution is -2.25. The van der Waals surface area contributed by atoms with Crippen LogP contribution in [0, 0.1) is 0 Å². The summed E-state index contributed by atoms with van der Waals surface area (Å²) in [5.74, 6) is 1.23. The van der Waals surface area contributed by atoms with E-state index in [1.54, 1.807) is 25.3 Å². The molecule has 98 valence electrons. The Morgan fingerprint density at radius 3 is 2.94 bits per heavy atom. The van der Waals surface area contributed by atoms with Crippen molar-refractivity contribution in [3.05, 3.63) is 23.8 Å². The number of carbonyl (C=O) groups is 1. The van der Waals surface area contributed by atoms with Gasteiger partial charge < -0.3 is 14.2 Å². The van der Waals surface area contributed by atoms with Gasteiger partial charge in [0, 0.05) is 12.2 Å². The van der Waals surface area contributed by atoms with Gasteiger partial charge in [0.05, 0.1) is 13.2 Å². The summed E-state index contributed by atoms with van der Waals surface area (Å²) in [6.07, 6.45) is 4.27. The molecule has 1 aliphatic heterocycles. The van der Waals surface area contributed by atoms with E-state index in [4.69, 9.17) is 14.2 Å². The van der Waals surface area contributed by atoms with Crippen molar-refractivity contribution in [3.8, 4) is 11.5 Å². The van der Waals surface area contributed by atoms with E-state index in [0.29, 0.717) is 23.7 Å². The first-order valence-electron chi connectivity index (χ1n) is 6.21. The van der Waals surface area contributed by atoms with Crippen LogP contribution in [0.15, 0.2) is 18.2 Å². The summed E-state index contributed by atoms with van der Waals surface area (Å²) in [5, 5.41) is 0.